The van der Waals surface area contributed by atoms with Crippen LogP contribution in [-0.4, -0.2) is 31.8 Å². The van der Waals surface area contributed by atoms with Crippen molar-refractivity contribution >= 4 is 5.96 Å². The average Bonchev–Trinajstić information content (AvgIpc) is 2.64. The molecule has 4 N–H and O–H groups in total. The number of hydrogen-bond donors (Lipinski definition) is 3. The lowest BCUT2D eigenvalue weighted by Crippen LogP contribution is -2.55. The predicted molar refractivity (Wildman–Crippen MR) is 56.9 cm³/mol. The van der Waals surface area contributed by atoms with Gasteiger partial charge in [0.05, 0.1) is 12.1 Å². The Morgan fingerprint density at radius 1 is 1.64 bits per heavy atom. The molecule has 1 heterocycles. The zero-order valence-corrected chi connectivity index (χ0v) is 8.97. The highest BCUT2D eigenvalue weighted by Gasteiger charge is 2.34. The van der Waals surface area contributed by atoms with Crippen molar-refractivity contribution in [3.8, 4) is 0 Å². The van der Waals surface area contributed by atoms with E-state index < -0.39 is 0 Å². The highest BCUT2D eigenvalue weighted by Crippen LogP contribution is 2.23. The van der Waals surface area contributed by atoms with Crippen LogP contribution in [0.2, 0.25) is 0 Å². The summed E-state index contributed by atoms with van der Waals surface area (Å²) in [4.78, 5) is 4.01. The molecule has 1 atom stereocenters. The number of hydrazine groups is 1. The Morgan fingerprint density at radius 3 is 2.86 bits per heavy atom. The molecule has 0 saturated carbocycles. The van der Waals surface area contributed by atoms with Crippen LogP contribution in [0.15, 0.2) is 4.99 Å². The first-order valence-corrected chi connectivity index (χ1v) is 5.05. The second-order valence-corrected chi connectivity index (χ2v) is 3.67. The lowest BCUT2D eigenvalue weighted by Gasteiger charge is -2.29. The van der Waals surface area contributed by atoms with Gasteiger partial charge in [-0.05, 0) is 12.8 Å². The van der Waals surface area contributed by atoms with Crippen LogP contribution >= 0.6 is 0 Å². The molecule has 1 unspecified atom stereocenters. The first-order valence-electron chi connectivity index (χ1n) is 5.05. The number of ether oxygens (including phenoxy) is 1. The van der Waals surface area contributed by atoms with E-state index in [0.717, 1.165) is 32.5 Å². The van der Waals surface area contributed by atoms with Gasteiger partial charge in [0.25, 0.3) is 0 Å². The fourth-order valence-corrected chi connectivity index (χ4v) is 1.85. The van der Waals surface area contributed by atoms with E-state index >= 15 is 0 Å². The van der Waals surface area contributed by atoms with E-state index in [1.807, 2.05) is 0 Å². The molecule has 5 heteroatoms. The summed E-state index contributed by atoms with van der Waals surface area (Å²) in [7, 11) is 1.71. The van der Waals surface area contributed by atoms with Gasteiger partial charge in [-0.2, -0.15) is 0 Å². The molecule has 0 radical (unpaired) electrons. The van der Waals surface area contributed by atoms with Crippen LogP contribution < -0.4 is 16.6 Å². The molecule has 0 aromatic carbocycles. The van der Waals surface area contributed by atoms with Crippen molar-refractivity contribution in [2.45, 2.75) is 31.7 Å². The predicted octanol–water partition coefficient (Wildman–Crippen LogP) is -0.0157. The maximum absolute atomic E-state index is 5.42. The largest absolute Gasteiger partial charge is 0.379 e. The molecule has 14 heavy (non-hydrogen) atoms. The molecule has 1 aliphatic rings. The summed E-state index contributed by atoms with van der Waals surface area (Å²) in [6.45, 7) is 3.72. The maximum atomic E-state index is 5.42. The molecule has 0 amide bonds. The van der Waals surface area contributed by atoms with Crippen LogP contribution in [0.5, 0.6) is 0 Å². The van der Waals surface area contributed by atoms with Crippen LogP contribution in [0.1, 0.15) is 26.2 Å². The van der Waals surface area contributed by atoms with E-state index in [1.165, 1.54) is 0 Å². The van der Waals surface area contributed by atoms with Crippen molar-refractivity contribution in [1.29, 1.82) is 0 Å². The van der Waals surface area contributed by atoms with Gasteiger partial charge in [0.2, 0.25) is 5.96 Å². The van der Waals surface area contributed by atoms with Crippen LogP contribution in [-0.2, 0) is 4.74 Å². The van der Waals surface area contributed by atoms with Gasteiger partial charge in [-0.15, -0.1) is 0 Å². The Morgan fingerprint density at radius 2 is 2.43 bits per heavy atom. The van der Waals surface area contributed by atoms with Crippen LogP contribution in [0.3, 0.4) is 0 Å². The number of nitrogens with zero attached hydrogens (tertiary/aromatic N) is 1. The Balaban J connectivity index is 2.59. The number of hydrogen-bond acceptors (Lipinski definition) is 3. The topological polar surface area (TPSA) is 71.7 Å². The quantitative estimate of drug-likeness (QED) is 0.259. The van der Waals surface area contributed by atoms with E-state index in [0.29, 0.717) is 5.96 Å². The van der Waals surface area contributed by atoms with E-state index in [9.17, 15) is 0 Å². The minimum atomic E-state index is 0.0238. The van der Waals surface area contributed by atoms with Crippen LogP contribution in [0.25, 0.3) is 0 Å². The van der Waals surface area contributed by atoms with E-state index in [1.54, 1.807) is 7.05 Å². The summed E-state index contributed by atoms with van der Waals surface area (Å²) >= 11 is 0. The summed E-state index contributed by atoms with van der Waals surface area (Å²) in [5.41, 5.74) is 2.57. The SMILES string of the molecule is CCCC1(NC(=NC)NN)CCOC1. The zero-order valence-electron chi connectivity index (χ0n) is 8.97. The van der Waals surface area contributed by atoms with E-state index in [4.69, 9.17) is 10.6 Å². The third-order valence-electron chi connectivity index (χ3n) is 2.58. The average molecular weight is 200 g/mol. The summed E-state index contributed by atoms with van der Waals surface area (Å²) in [6.07, 6.45) is 3.22. The number of guanidine groups is 1. The van der Waals surface area contributed by atoms with Crippen molar-refractivity contribution in [3.05, 3.63) is 0 Å². The maximum Gasteiger partial charge on any atom is 0.205 e. The summed E-state index contributed by atoms with van der Waals surface area (Å²) < 4.78 is 5.42. The minimum Gasteiger partial charge on any atom is -0.379 e. The molecule has 0 aromatic rings. The van der Waals surface area contributed by atoms with Crippen molar-refractivity contribution in [1.82, 2.24) is 10.7 Å². The van der Waals surface area contributed by atoms with E-state index in [2.05, 4.69) is 22.7 Å². The Labute approximate surface area is 85.1 Å². The molecule has 0 spiro atoms. The third-order valence-corrected chi connectivity index (χ3v) is 2.58. The van der Waals surface area contributed by atoms with Gasteiger partial charge in [0.15, 0.2) is 0 Å². The monoisotopic (exact) mass is 200 g/mol. The molecule has 0 bridgehead atoms. The fourth-order valence-electron chi connectivity index (χ4n) is 1.85. The first kappa shape index (κ1) is 11.3. The van der Waals surface area contributed by atoms with Gasteiger partial charge in [-0.3, -0.25) is 10.4 Å². The molecule has 0 aliphatic carbocycles. The Kier molecular flexibility index (Phi) is 4.16. The summed E-state index contributed by atoms with van der Waals surface area (Å²) in [6, 6.07) is 0. The third kappa shape index (κ3) is 2.59. The van der Waals surface area contributed by atoms with Crippen molar-refractivity contribution < 1.29 is 4.74 Å². The van der Waals surface area contributed by atoms with Crippen molar-refractivity contribution in [2.75, 3.05) is 20.3 Å². The molecule has 0 aromatic heterocycles. The molecule has 1 fully saturated rings. The lowest BCUT2D eigenvalue weighted by molar-refractivity contribution is 0.169. The zero-order chi connectivity index (χ0) is 10.4. The van der Waals surface area contributed by atoms with Gasteiger partial charge in [-0.25, -0.2) is 5.84 Å². The smallest absolute Gasteiger partial charge is 0.205 e. The number of nitrogens with one attached hydrogen (secondary N) is 2. The molecule has 1 aliphatic heterocycles. The second kappa shape index (κ2) is 5.17. The highest BCUT2D eigenvalue weighted by atomic mass is 16.5. The van der Waals surface area contributed by atoms with Crippen molar-refractivity contribution in [3.63, 3.8) is 0 Å². The standard InChI is InChI=1S/C9H20N4O/c1-3-4-9(5-6-14-7-9)12-8(11-2)13-10/h3-7,10H2,1-2H3,(H2,11,12,13). The van der Waals surface area contributed by atoms with Gasteiger partial charge in [-0.1, -0.05) is 13.3 Å². The molecule has 82 valence electrons. The van der Waals surface area contributed by atoms with E-state index in [-0.39, 0.29) is 5.54 Å². The molecular formula is C9H20N4O. The van der Waals surface area contributed by atoms with Gasteiger partial charge >= 0.3 is 0 Å². The molecule has 5 nitrogen and oxygen atoms in total. The minimum absolute atomic E-state index is 0.0238. The normalized spacial score (nSPS) is 27.8. The van der Waals surface area contributed by atoms with Crippen LogP contribution in [0, 0.1) is 0 Å². The number of nitrogens with two attached hydrogens (primary N) is 1. The Bertz CT molecular complexity index is 199. The number of aliphatic imine (C=N–C) groups is 1. The number of rotatable bonds is 3. The molecule has 1 rings (SSSR count). The Hall–Kier alpha value is -0.810. The molecule has 1 saturated heterocycles. The lowest BCUT2D eigenvalue weighted by atomic mass is 9.93. The first-order chi connectivity index (χ1) is 6.76. The summed E-state index contributed by atoms with van der Waals surface area (Å²) in [5, 5.41) is 3.32. The van der Waals surface area contributed by atoms with Crippen LogP contribution in [0.4, 0.5) is 0 Å². The molecular weight excluding hydrogens is 180 g/mol. The second-order valence-electron chi connectivity index (χ2n) is 3.67. The summed E-state index contributed by atoms with van der Waals surface area (Å²) in [5.74, 6) is 5.96. The van der Waals surface area contributed by atoms with Gasteiger partial charge < -0.3 is 10.1 Å². The van der Waals surface area contributed by atoms with Crippen molar-refractivity contribution in [2.24, 2.45) is 10.8 Å². The van der Waals surface area contributed by atoms with Gasteiger partial charge in [0.1, 0.15) is 0 Å². The highest BCUT2D eigenvalue weighted by molar-refractivity contribution is 5.79. The fraction of sp³-hybridized carbons (Fsp3) is 0.889. The van der Waals surface area contributed by atoms with Gasteiger partial charge in [0, 0.05) is 13.7 Å².